The van der Waals surface area contributed by atoms with E-state index < -0.39 is 17.8 Å². The number of methoxy groups -OCH3 is 1. The fraction of sp³-hybridized carbons (Fsp3) is 0.0870. The summed E-state index contributed by atoms with van der Waals surface area (Å²) < 4.78 is 23.6. The van der Waals surface area contributed by atoms with Gasteiger partial charge in [0.25, 0.3) is 5.91 Å². The first-order valence-corrected chi connectivity index (χ1v) is 9.87. The van der Waals surface area contributed by atoms with Crippen LogP contribution < -0.4 is 26.4 Å². The predicted octanol–water partition coefficient (Wildman–Crippen LogP) is 4.13. The molecule has 0 spiro atoms. The van der Waals surface area contributed by atoms with Crippen molar-refractivity contribution in [1.29, 1.82) is 0 Å². The van der Waals surface area contributed by atoms with Crippen LogP contribution in [-0.2, 0) is 6.54 Å². The summed E-state index contributed by atoms with van der Waals surface area (Å²) in [7, 11) is 1.48. The van der Waals surface area contributed by atoms with Crippen molar-refractivity contribution in [3.63, 3.8) is 0 Å². The summed E-state index contributed by atoms with van der Waals surface area (Å²) in [4.78, 5) is 25.0. The van der Waals surface area contributed by atoms with Crippen LogP contribution in [0.2, 0.25) is 0 Å². The second-order valence-electron chi connectivity index (χ2n) is 7.06. The summed E-state index contributed by atoms with van der Waals surface area (Å²) in [5.41, 5.74) is 8.04. The lowest BCUT2D eigenvalue weighted by atomic mass is 10.1. The average molecular weight is 449 g/mol. The number of rotatable bonds is 6. The number of carbonyl (C=O) groups is 2. The number of ether oxygens (including phenoxy) is 1. The van der Waals surface area contributed by atoms with Gasteiger partial charge in [0.1, 0.15) is 5.82 Å². The molecule has 1 heterocycles. The molecule has 0 saturated carbocycles. The van der Waals surface area contributed by atoms with Gasteiger partial charge >= 0.3 is 6.03 Å². The van der Waals surface area contributed by atoms with E-state index in [1.165, 1.54) is 25.3 Å². The molecule has 0 bridgehead atoms. The lowest BCUT2D eigenvalue weighted by Crippen LogP contribution is -2.28. The second-order valence-corrected chi connectivity index (χ2v) is 7.06. The van der Waals surface area contributed by atoms with E-state index in [4.69, 9.17) is 15.0 Å². The van der Waals surface area contributed by atoms with E-state index in [0.29, 0.717) is 22.5 Å². The van der Waals surface area contributed by atoms with Crippen LogP contribution in [0.4, 0.5) is 26.4 Å². The highest BCUT2D eigenvalue weighted by Crippen LogP contribution is 2.32. The number of amides is 3. The number of anilines is 3. The van der Waals surface area contributed by atoms with E-state index in [1.54, 1.807) is 42.5 Å². The van der Waals surface area contributed by atoms with Crippen LogP contribution in [0.3, 0.4) is 0 Å². The normalized spacial score (nSPS) is 10.6. The number of nitrogens with one attached hydrogen (secondary N) is 3. The highest BCUT2D eigenvalue weighted by atomic mass is 19.1. The first-order chi connectivity index (χ1) is 15.9. The Morgan fingerprint density at radius 3 is 2.58 bits per heavy atom. The topological polar surface area (TPSA) is 132 Å². The van der Waals surface area contributed by atoms with E-state index in [1.807, 2.05) is 0 Å². The van der Waals surface area contributed by atoms with E-state index >= 15 is 0 Å². The minimum absolute atomic E-state index is 0.0799. The Morgan fingerprint density at radius 1 is 1.06 bits per heavy atom. The number of carbonyl (C=O) groups excluding carboxylic acids is 2. The van der Waals surface area contributed by atoms with Gasteiger partial charge in [-0.15, -0.1) is 0 Å². The first kappa shape index (κ1) is 21.6. The third-order valence-electron chi connectivity index (χ3n) is 4.80. The van der Waals surface area contributed by atoms with Crippen molar-refractivity contribution in [1.82, 2.24) is 10.5 Å². The Bertz CT molecular complexity index is 1340. The molecule has 0 aliphatic carbocycles. The van der Waals surface area contributed by atoms with Crippen LogP contribution in [0.25, 0.3) is 11.0 Å². The summed E-state index contributed by atoms with van der Waals surface area (Å²) >= 11 is 0. The van der Waals surface area contributed by atoms with Crippen molar-refractivity contribution < 1.29 is 23.2 Å². The van der Waals surface area contributed by atoms with Crippen LogP contribution in [0, 0.1) is 5.82 Å². The molecule has 33 heavy (non-hydrogen) atoms. The van der Waals surface area contributed by atoms with Gasteiger partial charge in [0.2, 0.25) is 5.58 Å². The molecule has 1 aromatic heterocycles. The number of halogens is 1. The molecule has 0 aliphatic heterocycles. The van der Waals surface area contributed by atoms with Gasteiger partial charge in [-0.25, -0.2) is 9.18 Å². The molecule has 0 unspecified atom stereocenters. The zero-order valence-corrected chi connectivity index (χ0v) is 17.5. The van der Waals surface area contributed by atoms with Crippen molar-refractivity contribution in [2.45, 2.75) is 6.54 Å². The van der Waals surface area contributed by atoms with Crippen LogP contribution >= 0.6 is 0 Å². The van der Waals surface area contributed by atoms with Gasteiger partial charge in [-0.1, -0.05) is 23.4 Å². The zero-order valence-electron chi connectivity index (χ0n) is 17.5. The van der Waals surface area contributed by atoms with Gasteiger partial charge in [-0.3, -0.25) is 4.79 Å². The van der Waals surface area contributed by atoms with E-state index in [0.717, 1.165) is 5.56 Å². The summed E-state index contributed by atoms with van der Waals surface area (Å²) in [5, 5.41) is 12.1. The van der Waals surface area contributed by atoms with Gasteiger partial charge in [-0.05, 0) is 48.0 Å². The number of fused-ring (bicyclic) bond motifs is 1. The van der Waals surface area contributed by atoms with Crippen molar-refractivity contribution in [3.8, 4) is 5.75 Å². The molecule has 9 nitrogen and oxygen atoms in total. The number of aromatic nitrogens is 1. The Morgan fingerprint density at radius 2 is 1.82 bits per heavy atom. The number of nitrogens with zero attached hydrogens (tertiary/aromatic N) is 1. The molecular weight excluding hydrogens is 429 g/mol. The lowest BCUT2D eigenvalue weighted by Gasteiger charge is -2.10. The van der Waals surface area contributed by atoms with Gasteiger partial charge in [0.05, 0.1) is 18.1 Å². The maximum Gasteiger partial charge on any atom is 0.319 e. The number of urea groups is 1. The Hall–Kier alpha value is -4.60. The van der Waals surface area contributed by atoms with E-state index in [2.05, 4.69) is 21.1 Å². The highest BCUT2D eigenvalue weighted by Gasteiger charge is 2.20. The van der Waals surface area contributed by atoms with E-state index in [-0.39, 0.29) is 23.5 Å². The van der Waals surface area contributed by atoms with Crippen molar-refractivity contribution >= 4 is 40.1 Å². The van der Waals surface area contributed by atoms with Gasteiger partial charge in [0.15, 0.2) is 11.6 Å². The monoisotopic (exact) mass is 449 g/mol. The smallest absolute Gasteiger partial charge is 0.319 e. The third-order valence-corrected chi connectivity index (χ3v) is 4.80. The molecule has 168 valence electrons. The molecule has 10 heteroatoms. The van der Waals surface area contributed by atoms with Crippen molar-refractivity contribution in [2.24, 2.45) is 0 Å². The maximum absolute atomic E-state index is 13.2. The van der Waals surface area contributed by atoms with Crippen LogP contribution in [0.1, 0.15) is 15.9 Å². The van der Waals surface area contributed by atoms with Gasteiger partial charge in [0, 0.05) is 17.9 Å². The van der Waals surface area contributed by atoms with Crippen LogP contribution in [0.5, 0.6) is 5.75 Å². The molecule has 0 radical (unpaired) electrons. The number of hydrogen-bond donors (Lipinski definition) is 4. The standard InChI is InChI=1S/C23H20FN5O4/c1-32-18-9-8-17(19-20(18)33-29-21(19)25)22(30)27-15-6-2-4-13(10-15)12-26-23(31)28-16-7-3-5-14(24)11-16/h2-11H,12H2,1H3,(H2,25,29)(H,27,30)(H2,26,28,31). The van der Waals surface area contributed by atoms with E-state index in [9.17, 15) is 14.0 Å². The molecule has 0 aliphatic rings. The SMILES string of the molecule is COc1ccc(C(=O)Nc2cccc(CNC(=O)Nc3cccc(F)c3)c2)c2c(N)noc12. The summed E-state index contributed by atoms with van der Waals surface area (Å²) in [6, 6.07) is 15.2. The molecule has 3 amide bonds. The number of hydrogen-bond acceptors (Lipinski definition) is 6. The molecule has 4 rings (SSSR count). The summed E-state index contributed by atoms with van der Waals surface area (Å²) in [6.07, 6.45) is 0. The number of nitrogen functional groups attached to an aromatic ring is 1. The Kier molecular flexibility index (Phi) is 6.07. The van der Waals surface area contributed by atoms with Crippen LogP contribution in [-0.4, -0.2) is 24.2 Å². The third kappa shape index (κ3) is 4.85. The molecule has 4 aromatic rings. The first-order valence-electron chi connectivity index (χ1n) is 9.87. The molecule has 0 saturated heterocycles. The van der Waals surface area contributed by atoms with Gasteiger partial charge < -0.3 is 30.9 Å². The molecule has 5 N–H and O–H groups in total. The fourth-order valence-electron chi connectivity index (χ4n) is 3.28. The Balaban J connectivity index is 1.43. The lowest BCUT2D eigenvalue weighted by molar-refractivity contribution is 0.102. The maximum atomic E-state index is 13.2. The van der Waals surface area contributed by atoms with Gasteiger partial charge in [-0.2, -0.15) is 0 Å². The predicted molar refractivity (Wildman–Crippen MR) is 122 cm³/mol. The minimum atomic E-state index is -0.487. The van der Waals surface area contributed by atoms with Crippen LogP contribution in [0.15, 0.2) is 65.2 Å². The quantitative estimate of drug-likeness (QED) is 0.350. The Labute approximate surface area is 187 Å². The molecule has 0 atom stereocenters. The summed E-state index contributed by atoms with van der Waals surface area (Å²) in [6.45, 7) is 0.191. The highest BCUT2D eigenvalue weighted by molar-refractivity contribution is 6.15. The minimum Gasteiger partial charge on any atom is -0.493 e. The second kappa shape index (κ2) is 9.27. The molecule has 3 aromatic carbocycles. The van der Waals surface area contributed by atoms with Crippen molar-refractivity contribution in [2.75, 3.05) is 23.5 Å². The fourth-order valence-corrected chi connectivity index (χ4v) is 3.28. The number of benzene rings is 3. The number of nitrogens with two attached hydrogens (primary N) is 1. The largest absolute Gasteiger partial charge is 0.493 e. The average Bonchev–Trinajstić information content (AvgIpc) is 3.19. The van der Waals surface area contributed by atoms with Crippen molar-refractivity contribution in [3.05, 3.63) is 77.6 Å². The zero-order chi connectivity index (χ0) is 23.4. The summed E-state index contributed by atoms with van der Waals surface area (Å²) in [5.74, 6) is -0.364. The molecule has 0 fully saturated rings. The molecular formula is C23H20FN5O4.